The molecule has 0 spiro atoms. The van der Waals surface area contributed by atoms with Gasteiger partial charge in [-0.25, -0.2) is 9.78 Å². The molecular formula is C10H9BrN2O3S. The number of thioether (sulfide) groups is 1. The number of aliphatic carboxylic acids is 1. The Morgan fingerprint density at radius 2 is 2.35 bits per heavy atom. The molecule has 1 aromatic rings. The first kappa shape index (κ1) is 12.4. The quantitative estimate of drug-likeness (QED) is 0.836. The van der Waals surface area contributed by atoms with Gasteiger partial charge in [-0.05, 0) is 28.1 Å². The molecule has 2 heterocycles. The summed E-state index contributed by atoms with van der Waals surface area (Å²) < 4.78 is 0.557. The van der Waals surface area contributed by atoms with Gasteiger partial charge in [0.2, 0.25) is 0 Å². The van der Waals surface area contributed by atoms with Gasteiger partial charge in [0.15, 0.2) is 0 Å². The number of carboxylic acid groups (broad SMARTS) is 1. The van der Waals surface area contributed by atoms with Crippen LogP contribution in [0.3, 0.4) is 0 Å². The zero-order valence-corrected chi connectivity index (χ0v) is 11.1. The molecule has 1 atom stereocenters. The summed E-state index contributed by atoms with van der Waals surface area (Å²) in [5, 5.41) is 9.01. The van der Waals surface area contributed by atoms with E-state index in [1.807, 2.05) is 0 Å². The molecule has 17 heavy (non-hydrogen) atoms. The Balaban J connectivity index is 2.23. The van der Waals surface area contributed by atoms with Crippen molar-refractivity contribution in [2.24, 2.45) is 0 Å². The molecule has 2 rings (SSSR count). The first-order chi connectivity index (χ1) is 8.09. The summed E-state index contributed by atoms with van der Waals surface area (Å²) in [6.45, 7) is 0. The van der Waals surface area contributed by atoms with E-state index in [1.54, 1.807) is 12.1 Å². The fourth-order valence-corrected chi connectivity index (χ4v) is 3.06. The van der Waals surface area contributed by atoms with E-state index in [4.69, 9.17) is 5.11 Å². The molecule has 1 aromatic heterocycles. The van der Waals surface area contributed by atoms with E-state index in [2.05, 4.69) is 20.9 Å². The van der Waals surface area contributed by atoms with Gasteiger partial charge in [0.05, 0.1) is 5.88 Å². The molecule has 7 heteroatoms. The molecule has 0 bridgehead atoms. The Bertz CT molecular complexity index is 469. The Kier molecular flexibility index (Phi) is 3.68. The van der Waals surface area contributed by atoms with E-state index in [1.165, 1.54) is 22.9 Å². The average Bonchev–Trinajstić information content (AvgIpc) is 2.77. The van der Waals surface area contributed by atoms with Crippen LogP contribution in [0, 0.1) is 0 Å². The number of aromatic nitrogens is 1. The fourth-order valence-electron chi connectivity index (χ4n) is 1.55. The Morgan fingerprint density at radius 1 is 1.59 bits per heavy atom. The second-order valence-electron chi connectivity index (χ2n) is 3.50. The summed E-state index contributed by atoms with van der Waals surface area (Å²) >= 11 is 4.62. The number of hydrogen-bond acceptors (Lipinski definition) is 4. The lowest BCUT2D eigenvalue weighted by Crippen LogP contribution is -2.41. The van der Waals surface area contributed by atoms with Gasteiger partial charge in [-0.2, -0.15) is 0 Å². The topological polar surface area (TPSA) is 70.5 Å². The predicted octanol–water partition coefficient (Wildman–Crippen LogP) is 1.44. The second-order valence-corrected chi connectivity index (χ2v) is 5.31. The lowest BCUT2D eigenvalue weighted by Gasteiger charge is -2.20. The normalized spacial score (nSPS) is 19.4. The van der Waals surface area contributed by atoms with Gasteiger partial charge in [-0.1, -0.05) is 0 Å². The van der Waals surface area contributed by atoms with Crippen LogP contribution in [0.25, 0.3) is 0 Å². The van der Waals surface area contributed by atoms with Crippen LogP contribution in [0.15, 0.2) is 22.9 Å². The van der Waals surface area contributed by atoms with Crippen LogP contribution in [0.4, 0.5) is 0 Å². The Hall–Kier alpha value is -1.08. The van der Waals surface area contributed by atoms with E-state index in [0.29, 0.717) is 21.8 Å². The second kappa shape index (κ2) is 5.05. The van der Waals surface area contributed by atoms with Gasteiger partial charge < -0.3 is 10.0 Å². The first-order valence-corrected chi connectivity index (χ1v) is 6.77. The number of nitrogens with zero attached hydrogens (tertiary/aromatic N) is 2. The Labute approximate surface area is 110 Å². The lowest BCUT2D eigenvalue weighted by atomic mass is 10.2. The number of amides is 1. The van der Waals surface area contributed by atoms with Crippen molar-refractivity contribution in [2.45, 2.75) is 6.04 Å². The molecule has 0 saturated carbocycles. The third-order valence-corrected chi connectivity index (χ3v) is 3.85. The third kappa shape index (κ3) is 2.61. The molecule has 0 aromatic carbocycles. The van der Waals surface area contributed by atoms with Crippen molar-refractivity contribution in [2.75, 3.05) is 11.6 Å². The van der Waals surface area contributed by atoms with Crippen LogP contribution in [0.2, 0.25) is 0 Å². The summed E-state index contributed by atoms with van der Waals surface area (Å²) in [5.41, 5.74) is 0.445. The zero-order valence-electron chi connectivity index (χ0n) is 8.67. The molecular weight excluding hydrogens is 308 g/mol. The number of halogens is 1. The maximum Gasteiger partial charge on any atom is 0.327 e. The van der Waals surface area contributed by atoms with E-state index < -0.39 is 12.0 Å². The van der Waals surface area contributed by atoms with Crippen LogP contribution in [0.1, 0.15) is 10.4 Å². The number of carboxylic acids is 1. The van der Waals surface area contributed by atoms with Crippen LogP contribution in [-0.4, -0.2) is 44.5 Å². The maximum atomic E-state index is 12.1. The highest BCUT2D eigenvalue weighted by molar-refractivity contribution is 9.10. The standard InChI is InChI=1S/C10H9BrN2O3S/c11-8-3-6(1-2-12-8)9(14)13-5-17-4-7(13)10(15)16/h1-3,7H,4-5H2,(H,15,16)/t7-/m0/s1. The smallest absolute Gasteiger partial charge is 0.327 e. The molecule has 0 aliphatic carbocycles. The average molecular weight is 317 g/mol. The molecule has 90 valence electrons. The lowest BCUT2D eigenvalue weighted by molar-refractivity contribution is -0.140. The van der Waals surface area contributed by atoms with Crippen LogP contribution in [-0.2, 0) is 4.79 Å². The molecule has 1 amide bonds. The van der Waals surface area contributed by atoms with Gasteiger partial charge in [0.25, 0.3) is 5.91 Å². The zero-order chi connectivity index (χ0) is 12.4. The minimum absolute atomic E-state index is 0.273. The fraction of sp³-hybridized carbons (Fsp3) is 0.300. The molecule has 0 radical (unpaired) electrons. The molecule has 1 aliphatic heterocycles. The molecule has 1 aliphatic rings. The highest BCUT2D eigenvalue weighted by Gasteiger charge is 2.34. The molecule has 0 unspecified atom stereocenters. The largest absolute Gasteiger partial charge is 0.480 e. The number of carbonyl (C=O) groups excluding carboxylic acids is 1. The molecule has 1 saturated heterocycles. The minimum Gasteiger partial charge on any atom is -0.480 e. The van der Waals surface area contributed by atoms with Gasteiger partial charge in [0.1, 0.15) is 10.6 Å². The van der Waals surface area contributed by atoms with E-state index in [-0.39, 0.29) is 5.91 Å². The summed E-state index contributed by atoms with van der Waals surface area (Å²) in [5.74, 6) is -0.384. The first-order valence-electron chi connectivity index (χ1n) is 4.82. The number of carbonyl (C=O) groups is 2. The highest BCUT2D eigenvalue weighted by atomic mass is 79.9. The van der Waals surface area contributed by atoms with Crippen molar-refractivity contribution >= 4 is 39.6 Å². The number of rotatable bonds is 2. The SMILES string of the molecule is O=C(O)[C@@H]1CSCN1C(=O)c1ccnc(Br)c1. The number of hydrogen-bond donors (Lipinski definition) is 1. The van der Waals surface area contributed by atoms with Crippen molar-refractivity contribution < 1.29 is 14.7 Å². The molecule has 1 N–H and O–H groups in total. The molecule has 1 fully saturated rings. The van der Waals surface area contributed by atoms with Crippen molar-refractivity contribution in [3.05, 3.63) is 28.5 Å². The van der Waals surface area contributed by atoms with Crippen LogP contribution in [0.5, 0.6) is 0 Å². The van der Waals surface area contributed by atoms with E-state index >= 15 is 0 Å². The van der Waals surface area contributed by atoms with Crippen molar-refractivity contribution in [1.29, 1.82) is 0 Å². The summed E-state index contributed by atoms with van der Waals surface area (Å²) in [6, 6.07) is 2.43. The number of pyridine rings is 1. The van der Waals surface area contributed by atoms with Crippen LogP contribution >= 0.6 is 27.7 Å². The van der Waals surface area contributed by atoms with Gasteiger partial charge >= 0.3 is 5.97 Å². The minimum atomic E-state index is -0.962. The van der Waals surface area contributed by atoms with Gasteiger partial charge in [0, 0.05) is 17.5 Å². The summed E-state index contributed by atoms with van der Waals surface area (Å²) in [4.78, 5) is 28.4. The highest BCUT2D eigenvalue weighted by Crippen LogP contribution is 2.23. The molecule has 5 nitrogen and oxygen atoms in total. The third-order valence-electron chi connectivity index (χ3n) is 2.40. The van der Waals surface area contributed by atoms with Crippen molar-refractivity contribution in [3.8, 4) is 0 Å². The monoisotopic (exact) mass is 316 g/mol. The van der Waals surface area contributed by atoms with E-state index in [0.717, 1.165) is 0 Å². The van der Waals surface area contributed by atoms with Crippen molar-refractivity contribution in [3.63, 3.8) is 0 Å². The summed E-state index contributed by atoms with van der Waals surface area (Å²) in [6.07, 6.45) is 1.51. The van der Waals surface area contributed by atoms with Gasteiger partial charge in [-0.15, -0.1) is 11.8 Å². The van der Waals surface area contributed by atoms with Crippen LogP contribution < -0.4 is 0 Å². The van der Waals surface area contributed by atoms with Gasteiger partial charge in [-0.3, -0.25) is 4.79 Å². The predicted molar refractivity (Wildman–Crippen MR) is 66.9 cm³/mol. The Morgan fingerprint density at radius 3 is 3.00 bits per heavy atom. The van der Waals surface area contributed by atoms with E-state index in [9.17, 15) is 9.59 Å². The van der Waals surface area contributed by atoms with Crippen molar-refractivity contribution in [1.82, 2.24) is 9.88 Å². The summed E-state index contributed by atoms with van der Waals surface area (Å²) in [7, 11) is 0. The maximum absolute atomic E-state index is 12.1.